The minimum absolute atomic E-state index is 0.0497. The summed E-state index contributed by atoms with van der Waals surface area (Å²) in [5.74, 6) is -1.66. The molecule has 1 saturated heterocycles. The van der Waals surface area contributed by atoms with E-state index in [4.69, 9.17) is 26.1 Å². The van der Waals surface area contributed by atoms with Gasteiger partial charge in [-0.2, -0.15) is 0 Å². The lowest BCUT2D eigenvalue weighted by Crippen LogP contribution is -2.58. The van der Waals surface area contributed by atoms with Crippen molar-refractivity contribution in [2.75, 3.05) is 6.54 Å². The summed E-state index contributed by atoms with van der Waals surface area (Å²) >= 11 is 6.27. The molecule has 2 saturated carbocycles. The molecule has 286 valence electrons. The van der Waals surface area contributed by atoms with E-state index in [1.807, 2.05) is 31.2 Å². The number of alkyl carbamates (subject to hydrolysis) is 1. The molecule has 1 aromatic carbocycles. The van der Waals surface area contributed by atoms with Crippen molar-refractivity contribution in [3.05, 3.63) is 46.6 Å². The van der Waals surface area contributed by atoms with E-state index in [0.717, 1.165) is 29.3 Å². The highest BCUT2D eigenvalue weighted by Gasteiger charge is 2.64. The highest BCUT2D eigenvalue weighted by molar-refractivity contribution is 7.91. The molecule has 1 aromatic heterocycles. The number of pyridine rings is 1. The topological polar surface area (TPSA) is 173 Å². The van der Waals surface area contributed by atoms with Crippen LogP contribution in [-0.4, -0.2) is 82.7 Å². The molecule has 5 atom stereocenters. The summed E-state index contributed by atoms with van der Waals surface area (Å²) < 4.78 is 39.8. The summed E-state index contributed by atoms with van der Waals surface area (Å²) in [7, 11) is -3.98. The van der Waals surface area contributed by atoms with Crippen LogP contribution in [-0.2, 0) is 35.6 Å². The first-order valence-electron chi connectivity index (χ1n) is 18.7. The number of nitrogens with zero attached hydrogens (tertiary/aromatic N) is 2. The standard InChI is InChI=1S/C38H48ClN5O8S/c1-22(2)51-35(48)41-28-11-9-7-5-6-8-10-24-19-38(24,34(47)43-53(49,50)36(4)16-17-36)42-32(45)30-20-37(21-44(30)33(28)46)15-14-27-26-13-12-25(39)18-29(26)40-23(3)31(27)52-37/h8,10,12-13,18,22,24,28,30H,5-7,9,11,14-17,19-21H2,1-4H3,(H,41,48)(H,42,45)(H,43,47). The van der Waals surface area contributed by atoms with Crippen molar-refractivity contribution >= 4 is 56.3 Å². The Hall–Kier alpha value is -3.91. The smallest absolute Gasteiger partial charge is 0.408 e. The minimum Gasteiger partial charge on any atom is -0.483 e. The molecule has 4 heterocycles. The Morgan fingerprint density at radius 2 is 1.91 bits per heavy atom. The predicted octanol–water partition coefficient (Wildman–Crippen LogP) is 4.76. The second-order valence-electron chi connectivity index (χ2n) is 16.0. The number of fused-ring (bicyclic) bond motifs is 5. The highest BCUT2D eigenvalue weighted by Crippen LogP contribution is 2.49. The van der Waals surface area contributed by atoms with E-state index in [1.54, 1.807) is 26.8 Å². The fourth-order valence-corrected chi connectivity index (χ4v) is 9.54. The van der Waals surface area contributed by atoms with Gasteiger partial charge in [0.05, 0.1) is 28.6 Å². The Kier molecular flexibility index (Phi) is 9.70. The number of rotatable bonds is 5. The van der Waals surface area contributed by atoms with Gasteiger partial charge in [0.2, 0.25) is 21.8 Å². The van der Waals surface area contributed by atoms with E-state index in [0.29, 0.717) is 61.4 Å². The van der Waals surface area contributed by atoms with E-state index in [2.05, 4.69) is 15.4 Å². The number of hydrogen-bond donors (Lipinski definition) is 3. The average molecular weight is 770 g/mol. The van der Waals surface area contributed by atoms with Crippen molar-refractivity contribution < 1.29 is 37.1 Å². The number of ether oxygens (including phenoxy) is 2. The van der Waals surface area contributed by atoms with Crippen LogP contribution in [0.4, 0.5) is 4.79 Å². The molecule has 13 nitrogen and oxygen atoms in total. The fourth-order valence-electron chi connectivity index (χ4n) is 8.06. The third-order valence-electron chi connectivity index (χ3n) is 11.6. The Labute approximate surface area is 315 Å². The third-order valence-corrected chi connectivity index (χ3v) is 14.0. The number of sulfonamides is 1. The highest BCUT2D eigenvalue weighted by atomic mass is 35.5. The van der Waals surface area contributed by atoms with Gasteiger partial charge in [-0.05, 0) is 91.2 Å². The van der Waals surface area contributed by atoms with Gasteiger partial charge >= 0.3 is 6.09 Å². The molecule has 1 spiro atoms. The Morgan fingerprint density at radius 3 is 2.64 bits per heavy atom. The van der Waals surface area contributed by atoms with Crippen LogP contribution in [0.1, 0.15) is 96.2 Å². The van der Waals surface area contributed by atoms with E-state index in [9.17, 15) is 27.6 Å². The maximum Gasteiger partial charge on any atom is 0.408 e. The zero-order valence-electron chi connectivity index (χ0n) is 30.6. The van der Waals surface area contributed by atoms with Crippen molar-refractivity contribution in [3.63, 3.8) is 0 Å². The molecular formula is C38H48ClN5O8S. The first kappa shape index (κ1) is 37.4. The molecule has 0 bridgehead atoms. The van der Waals surface area contributed by atoms with Crippen LogP contribution in [0.3, 0.4) is 0 Å². The summed E-state index contributed by atoms with van der Waals surface area (Å²) in [6.07, 6.45) is 8.24. The Balaban J connectivity index is 1.23. The number of aryl methyl sites for hydroxylation is 2. The largest absolute Gasteiger partial charge is 0.483 e. The second kappa shape index (κ2) is 13.7. The third kappa shape index (κ3) is 7.20. The van der Waals surface area contributed by atoms with Gasteiger partial charge in [-0.25, -0.2) is 18.2 Å². The van der Waals surface area contributed by atoms with Gasteiger partial charge in [-0.15, -0.1) is 0 Å². The summed E-state index contributed by atoms with van der Waals surface area (Å²) in [5.41, 5.74) is -0.110. The lowest BCUT2D eigenvalue weighted by Gasteiger charge is -2.36. The minimum atomic E-state index is -3.98. The Bertz CT molecular complexity index is 2000. The lowest BCUT2D eigenvalue weighted by molar-refractivity contribution is -0.141. The van der Waals surface area contributed by atoms with Gasteiger partial charge in [0.1, 0.15) is 29.0 Å². The lowest BCUT2D eigenvalue weighted by atomic mass is 9.87. The molecule has 15 heteroatoms. The molecule has 0 radical (unpaired) electrons. The number of aromatic nitrogens is 1. The normalized spacial score (nSPS) is 29.5. The molecule has 3 aliphatic heterocycles. The van der Waals surface area contributed by atoms with E-state index in [-0.39, 0.29) is 19.4 Å². The van der Waals surface area contributed by atoms with Crippen molar-refractivity contribution in [2.24, 2.45) is 5.92 Å². The van der Waals surface area contributed by atoms with Crippen LogP contribution < -0.4 is 20.1 Å². The zero-order valence-corrected chi connectivity index (χ0v) is 32.2. The summed E-state index contributed by atoms with van der Waals surface area (Å²) in [6.45, 7) is 6.93. The molecular weight excluding hydrogens is 722 g/mol. The van der Waals surface area contributed by atoms with Gasteiger partial charge < -0.3 is 25.0 Å². The Morgan fingerprint density at radius 1 is 1.13 bits per heavy atom. The zero-order chi connectivity index (χ0) is 37.9. The number of nitrogens with one attached hydrogen (secondary N) is 3. The molecule has 5 aliphatic rings. The number of carbonyl (C=O) groups excluding carboxylic acids is 4. The SMILES string of the molecule is Cc1nc2cc(Cl)ccc2c2c1OC1(CC2)CC2C(=O)NC3(C(=O)NS(=O)(=O)C4(C)CC4)CC3C=CCCCCCC(NC(=O)OC(C)C)C(=O)N2C1. The van der Waals surface area contributed by atoms with E-state index < -0.39 is 73.8 Å². The van der Waals surface area contributed by atoms with Crippen LogP contribution in [0.15, 0.2) is 30.4 Å². The summed E-state index contributed by atoms with van der Waals surface area (Å²) in [6, 6.07) is 3.47. The number of allylic oxidation sites excluding steroid dienone is 1. The number of carbonyl (C=O) groups is 4. The first-order chi connectivity index (χ1) is 25.1. The first-order valence-corrected chi connectivity index (χ1v) is 20.5. The maximum absolute atomic E-state index is 14.6. The molecule has 2 aliphatic carbocycles. The molecule has 7 rings (SSSR count). The van der Waals surface area contributed by atoms with Crippen LogP contribution in [0.5, 0.6) is 5.75 Å². The van der Waals surface area contributed by atoms with Gasteiger partial charge in [-0.3, -0.25) is 19.1 Å². The predicted molar refractivity (Wildman–Crippen MR) is 198 cm³/mol. The van der Waals surface area contributed by atoms with Crippen LogP contribution in [0.25, 0.3) is 10.9 Å². The second-order valence-corrected chi connectivity index (χ2v) is 18.6. The molecule has 3 fully saturated rings. The average Bonchev–Trinajstić information content (AvgIpc) is 3.98. The van der Waals surface area contributed by atoms with Crippen molar-refractivity contribution in [3.8, 4) is 5.75 Å². The van der Waals surface area contributed by atoms with E-state index in [1.165, 1.54) is 4.90 Å². The molecule has 53 heavy (non-hydrogen) atoms. The summed E-state index contributed by atoms with van der Waals surface area (Å²) in [4.78, 5) is 62.2. The van der Waals surface area contributed by atoms with Crippen LogP contribution in [0, 0.1) is 12.8 Å². The van der Waals surface area contributed by atoms with Gasteiger partial charge in [0.25, 0.3) is 5.91 Å². The van der Waals surface area contributed by atoms with Gasteiger partial charge in [0.15, 0.2) is 0 Å². The number of hydrogen-bond acceptors (Lipinski definition) is 9. The van der Waals surface area contributed by atoms with Crippen LogP contribution >= 0.6 is 11.6 Å². The molecule has 4 amide bonds. The molecule has 3 N–H and O–H groups in total. The summed E-state index contributed by atoms with van der Waals surface area (Å²) in [5, 5.41) is 7.18. The van der Waals surface area contributed by atoms with E-state index >= 15 is 0 Å². The number of benzene rings is 1. The van der Waals surface area contributed by atoms with Crippen LogP contribution in [0.2, 0.25) is 5.02 Å². The molecule has 5 unspecified atom stereocenters. The quantitative estimate of drug-likeness (QED) is 0.363. The monoisotopic (exact) mass is 769 g/mol. The maximum atomic E-state index is 14.6. The van der Waals surface area contributed by atoms with Gasteiger partial charge in [-0.1, -0.05) is 42.7 Å². The molecule has 2 aromatic rings. The fraction of sp³-hybridized carbons (Fsp3) is 0.605. The number of halogens is 1. The van der Waals surface area contributed by atoms with Crippen molar-refractivity contribution in [1.82, 2.24) is 25.2 Å². The van der Waals surface area contributed by atoms with Crippen molar-refractivity contribution in [1.29, 1.82) is 0 Å². The number of amides is 4. The van der Waals surface area contributed by atoms with Gasteiger partial charge in [0, 0.05) is 28.3 Å². The van der Waals surface area contributed by atoms with Crippen molar-refractivity contribution in [2.45, 2.75) is 132 Å².